The monoisotopic (exact) mass is 587 g/mol. The highest BCUT2D eigenvalue weighted by molar-refractivity contribution is 6.40. The first-order valence-corrected chi connectivity index (χ1v) is 15.4. The maximum Gasteiger partial charge on any atom is 0.242 e. The lowest BCUT2D eigenvalue weighted by molar-refractivity contribution is -0.130. The number of fused-ring (bicyclic) bond motifs is 1. The van der Waals surface area contributed by atoms with Crippen LogP contribution in [0.15, 0.2) is 33.6 Å². The van der Waals surface area contributed by atoms with Crippen LogP contribution in [0.2, 0.25) is 0 Å². The van der Waals surface area contributed by atoms with Gasteiger partial charge in [-0.15, -0.1) is 11.6 Å². The van der Waals surface area contributed by atoms with Crippen molar-refractivity contribution in [3.05, 3.63) is 40.1 Å². The van der Waals surface area contributed by atoms with Gasteiger partial charge in [0.05, 0.1) is 48.1 Å². The smallest absolute Gasteiger partial charge is 0.242 e. The molecular formula is C29H39Cl2N7O2. The normalized spacial score (nSPS) is 27.1. The standard InChI is InChI=1S/C29H39Cl2N7O2/c1-20-6-7-38-25(16-20)34-27(21-2-4-22(5-3-21)35-12-14-40-15-13-35)29(38)33-19-26(39)36-8-10-37(11-9-36)28-23(30)17-32-18-24(28)31/h4,6-7,17,20-21,24,33H,2-3,5,8-16,18-19H2,1H3. The van der Waals surface area contributed by atoms with Crippen LogP contribution < -0.4 is 5.32 Å². The van der Waals surface area contributed by atoms with Crippen LogP contribution in [-0.2, 0) is 16.0 Å². The van der Waals surface area contributed by atoms with Gasteiger partial charge in [0.15, 0.2) is 0 Å². The van der Waals surface area contributed by atoms with E-state index in [9.17, 15) is 4.79 Å². The molecule has 5 heterocycles. The molecule has 1 aromatic rings. The van der Waals surface area contributed by atoms with E-state index in [1.54, 1.807) is 6.21 Å². The molecule has 0 aromatic carbocycles. The van der Waals surface area contributed by atoms with Crippen molar-refractivity contribution in [1.82, 2.24) is 24.3 Å². The lowest BCUT2D eigenvalue weighted by Crippen LogP contribution is -2.51. The number of alkyl halides is 1. The van der Waals surface area contributed by atoms with E-state index in [1.807, 2.05) is 4.90 Å². The first-order chi connectivity index (χ1) is 19.5. The molecule has 0 radical (unpaired) electrons. The molecule has 2 saturated heterocycles. The van der Waals surface area contributed by atoms with Crippen LogP contribution in [0.1, 0.15) is 43.6 Å². The van der Waals surface area contributed by atoms with Crippen molar-refractivity contribution in [2.45, 2.75) is 43.9 Å². The molecular weight excluding hydrogens is 549 g/mol. The number of dihydropyridines is 1. The van der Waals surface area contributed by atoms with Crippen molar-refractivity contribution in [2.75, 3.05) is 70.9 Å². The van der Waals surface area contributed by atoms with Crippen LogP contribution in [0.3, 0.4) is 0 Å². The van der Waals surface area contributed by atoms with Crippen molar-refractivity contribution in [2.24, 2.45) is 10.9 Å². The Labute approximate surface area is 246 Å². The molecule has 2 fully saturated rings. The van der Waals surface area contributed by atoms with Gasteiger partial charge in [0, 0.05) is 69.7 Å². The van der Waals surface area contributed by atoms with Gasteiger partial charge < -0.3 is 24.8 Å². The minimum atomic E-state index is -0.219. The van der Waals surface area contributed by atoms with Crippen LogP contribution in [0.25, 0.3) is 6.20 Å². The number of carbonyl (C=O) groups is 1. The number of halogens is 2. The molecule has 11 heteroatoms. The minimum Gasteiger partial charge on any atom is -0.378 e. The maximum absolute atomic E-state index is 13.3. The molecule has 0 spiro atoms. The van der Waals surface area contributed by atoms with Gasteiger partial charge in [0.25, 0.3) is 0 Å². The Morgan fingerprint density at radius 2 is 1.95 bits per heavy atom. The average Bonchev–Trinajstić information content (AvgIpc) is 3.34. The lowest BCUT2D eigenvalue weighted by atomic mass is 9.89. The fourth-order valence-electron chi connectivity index (χ4n) is 6.40. The number of carbonyl (C=O) groups excluding carboxylic acids is 1. The van der Waals surface area contributed by atoms with Crippen LogP contribution >= 0.6 is 23.2 Å². The van der Waals surface area contributed by atoms with Gasteiger partial charge in [-0.1, -0.05) is 30.7 Å². The number of hydrogen-bond acceptors (Lipinski definition) is 7. The van der Waals surface area contributed by atoms with E-state index in [0.29, 0.717) is 49.6 Å². The largest absolute Gasteiger partial charge is 0.378 e. The predicted octanol–water partition coefficient (Wildman–Crippen LogP) is 3.73. The van der Waals surface area contributed by atoms with Gasteiger partial charge in [-0.2, -0.15) is 0 Å². The Morgan fingerprint density at radius 3 is 2.67 bits per heavy atom. The summed E-state index contributed by atoms with van der Waals surface area (Å²) in [5, 5.41) is 3.90. The number of morpholine rings is 1. The van der Waals surface area contributed by atoms with Crippen molar-refractivity contribution < 1.29 is 9.53 Å². The Balaban J connectivity index is 1.11. The Hall–Kier alpha value is -2.49. The second-order valence-corrected chi connectivity index (χ2v) is 12.3. The van der Waals surface area contributed by atoms with Gasteiger partial charge in [-0.3, -0.25) is 14.4 Å². The number of nitrogens with one attached hydrogen (secondary N) is 1. The van der Waals surface area contributed by atoms with Crippen LogP contribution in [0.5, 0.6) is 0 Å². The Kier molecular flexibility index (Phi) is 8.42. The molecule has 6 rings (SSSR count). The zero-order valence-electron chi connectivity index (χ0n) is 23.2. The SMILES string of the molecule is CC1C=Cn2c(nc(C3CC=C(N4CCOCC4)CC3)c2NCC(=O)N2CCN(C3=C(Cl)C=NCC3Cl)CC2)C1. The van der Waals surface area contributed by atoms with Crippen molar-refractivity contribution in [3.63, 3.8) is 0 Å². The summed E-state index contributed by atoms with van der Waals surface area (Å²) < 4.78 is 7.70. The van der Waals surface area contributed by atoms with E-state index in [0.717, 1.165) is 75.0 Å². The highest BCUT2D eigenvalue weighted by Gasteiger charge is 2.31. The molecule has 1 aromatic heterocycles. The highest BCUT2D eigenvalue weighted by atomic mass is 35.5. The van der Waals surface area contributed by atoms with E-state index >= 15 is 0 Å². The van der Waals surface area contributed by atoms with Crippen LogP contribution in [0.4, 0.5) is 5.82 Å². The number of anilines is 1. The van der Waals surface area contributed by atoms with Gasteiger partial charge in [-0.25, -0.2) is 4.98 Å². The quantitative estimate of drug-likeness (QED) is 0.511. The number of aromatic nitrogens is 2. The molecule has 1 aliphatic carbocycles. The summed E-state index contributed by atoms with van der Waals surface area (Å²) in [6.07, 6.45) is 12.4. The average molecular weight is 589 g/mol. The molecule has 9 nitrogen and oxygen atoms in total. The third-order valence-electron chi connectivity index (χ3n) is 8.66. The third kappa shape index (κ3) is 5.78. The first-order valence-electron chi connectivity index (χ1n) is 14.6. The second-order valence-electron chi connectivity index (χ2n) is 11.3. The topological polar surface area (TPSA) is 78.2 Å². The van der Waals surface area contributed by atoms with E-state index < -0.39 is 0 Å². The highest BCUT2D eigenvalue weighted by Crippen LogP contribution is 2.38. The summed E-state index contributed by atoms with van der Waals surface area (Å²) in [7, 11) is 0. The number of amides is 1. The summed E-state index contributed by atoms with van der Waals surface area (Å²) in [6.45, 7) is 9.28. The first kappa shape index (κ1) is 27.7. The van der Waals surface area contributed by atoms with Crippen LogP contribution in [-0.4, -0.2) is 107 Å². The van der Waals surface area contributed by atoms with E-state index in [-0.39, 0.29) is 17.8 Å². The molecule has 216 valence electrons. The molecule has 3 atom stereocenters. The summed E-state index contributed by atoms with van der Waals surface area (Å²) in [4.78, 5) is 29.3. The molecule has 40 heavy (non-hydrogen) atoms. The summed E-state index contributed by atoms with van der Waals surface area (Å²) in [6, 6.07) is 0. The van der Waals surface area contributed by atoms with Gasteiger partial charge in [-0.05, 0) is 25.2 Å². The van der Waals surface area contributed by atoms with Crippen molar-refractivity contribution in [1.29, 1.82) is 0 Å². The minimum absolute atomic E-state index is 0.0974. The molecule has 1 amide bonds. The number of imidazole rings is 1. The van der Waals surface area contributed by atoms with Crippen molar-refractivity contribution >= 4 is 47.3 Å². The summed E-state index contributed by atoms with van der Waals surface area (Å²) in [5.41, 5.74) is 3.47. The predicted molar refractivity (Wildman–Crippen MR) is 160 cm³/mol. The third-order valence-corrected chi connectivity index (χ3v) is 9.30. The number of aliphatic imine (C=N–C) groups is 1. The van der Waals surface area contributed by atoms with Crippen molar-refractivity contribution in [3.8, 4) is 0 Å². The summed E-state index contributed by atoms with van der Waals surface area (Å²) >= 11 is 12.9. The number of piperazine rings is 1. The fourth-order valence-corrected chi connectivity index (χ4v) is 7.11. The molecule has 0 saturated carbocycles. The number of nitrogens with zero attached hydrogens (tertiary/aromatic N) is 6. The second kappa shape index (κ2) is 12.2. The number of ether oxygens (including phenoxy) is 1. The van der Waals surface area contributed by atoms with E-state index in [1.165, 1.54) is 5.70 Å². The number of rotatable bonds is 6. The molecule has 3 unspecified atom stereocenters. The zero-order valence-corrected chi connectivity index (χ0v) is 24.7. The molecule has 5 aliphatic rings. The number of hydrogen-bond donors (Lipinski definition) is 1. The van der Waals surface area contributed by atoms with Crippen LogP contribution in [0, 0.1) is 5.92 Å². The van der Waals surface area contributed by atoms with E-state index in [2.05, 4.69) is 50.0 Å². The molecule has 1 N–H and O–H groups in total. The Morgan fingerprint density at radius 1 is 1.15 bits per heavy atom. The van der Waals surface area contributed by atoms with Gasteiger partial charge in [0.2, 0.25) is 5.91 Å². The fraction of sp³-hybridized carbons (Fsp3) is 0.621. The van der Waals surface area contributed by atoms with E-state index in [4.69, 9.17) is 32.9 Å². The zero-order chi connectivity index (χ0) is 27.6. The van der Waals surface area contributed by atoms with Gasteiger partial charge >= 0.3 is 0 Å². The van der Waals surface area contributed by atoms with Gasteiger partial charge in [0.1, 0.15) is 11.6 Å². The maximum atomic E-state index is 13.3. The molecule has 0 bridgehead atoms. The lowest BCUT2D eigenvalue weighted by Gasteiger charge is -2.39. The molecule has 4 aliphatic heterocycles. The summed E-state index contributed by atoms with van der Waals surface area (Å²) in [5.74, 6) is 2.95. The number of allylic oxidation sites excluding steroid dienone is 4. The Bertz CT molecular complexity index is 1230.